The molecule has 2 fully saturated rings. The van der Waals surface area contributed by atoms with Gasteiger partial charge in [-0.05, 0) is 24.8 Å². The summed E-state index contributed by atoms with van der Waals surface area (Å²) in [7, 11) is 0. The molecule has 0 radical (unpaired) electrons. The Hall–Kier alpha value is -1.41. The third-order valence-corrected chi connectivity index (χ3v) is 6.20. The zero-order valence-electron chi connectivity index (χ0n) is 15.7. The molecular weight excluding hydrogens is 355 g/mol. The van der Waals surface area contributed by atoms with E-state index < -0.39 is 12.6 Å². The molecule has 0 unspecified atom stereocenters. The number of alkyl halides is 3. The van der Waals surface area contributed by atoms with E-state index in [4.69, 9.17) is 4.98 Å². The maximum atomic E-state index is 12.5. The van der Waals surface area contributed by atoms with Gasteiger partial charge in [0, 0.05) is 64.5 Å². The molecule has 0 amide bonds. The first-order valence-corrected chi connectivity index (χ1v) is 10.1. The normalized spacial score (nSPS) is 23.0. The highest BCUT2D eigenvalue weighted by molar-refractivity contribution is 5.34. The number of hydrogen-bond donors (Lipinski definition) is 0. The van der Waals surface area contributed by atoms with Crippen LogP contribution in [0.25, 0.3) is 0 Å². The first-order valence-electron chi connectivity index (χ1n) is 10.1. The van der Waals surface area contributed by atoms with E-state index >= 15 is 0 Å². The Kier molecular flexibility index (Phi) is 5.55. The third kappa shape index (κ3) is 4.71. The van der Waals surface area contributed by atoms with Gasteiger partial charge in [-0.25, -0.2) is 9.97 Å². The van der Waals surface area contributed by atoms with Gasteiger partial charge in [0.05, 0.1) is 12.1 Å². The van der Waals surface area contributed by atoms with E-state index in [2.05, 4.69) is 14.8 Å². The van der Waals surface area contributed by atoms with Crippen molar-refractivity contribution in [3.05, 3.63) is 17.5 Å². The fourth-order valence-electron chi connectivity index (χ4n) is 4.21. The van der Waals surface area contributed by atoms with Crippen molar-refractivity contribution in [2.24, 2.45) is 0 Å². The summed E-state index contributed by atoms with van der Waals surface area (Å²) >= 11 is 0. The molecule has 0 atom stereocenters. The Morgan fingerprint density at radius 3 is 2.41 bits per heavy atom. The lowest BCUT2D eigenvalue weighted by Gasteiger charge is -2.43. The molecule has 0 bridgehead atoms. The molecule has 0 aromatic carbocycles. The van der Waals surface area contributed by atoms with Crippen LogP contribution in [0.4, 0.5) is 19.1 Å². The second-order valence-corrected chi connectivity index (χ2v) is 7.96. The summed E-state index contributed by atoms with van der Waals surface area (Å²) < 4.78 is 37.4. The second-order valence-electron chi connectivity index (χ2n) is 7.96. The molecule has 1 aromatic heterocycles. The summed E-state index contributed by atoms with van der Waals surface area (Å²) in [5.74, 6) is 0.783. The standard InChI is InChI=1S/C19H28F3N5/c20-19(21,22)6-9-25-7-4-15-14-23-18(24-17(15)5-8-25)27-12-10-26(11-13-27)16-2-1-3-16/h14,16H,1-13H2. The average Bonchev–Trinajstić information content (AvgIpc) is 2.80. The Morgan fingerprint density at radius 1 is 1.00 bits per heavy atom. The minimum Gasteiger partial charge on any atom is -0.338 e. The van der Waals surface area contributed by atoms with E-state index in [0.717, 1.165) is 55.8 Å². The lowest BCUT2D eigenvalue weighted by atomic mass is 9.91. The van der Waals surface area contributed by atoms with Gasteiger partial charge >= 0.3 is 6.18 Å². The van der Waals surface area contributed by atoms with Gasteiger partial charge in [-0.1, -0.05) is 6.42 Å². The molecule has 4 rings (SSSR count). The fourth-order valence-corrected chi connectivity index (χ4v) is 4.21. The van der Waals surface area contributed by atoms with Gasteiger partial charge in [0.25, 0.3) is 0 Å². The van der Waals surface area contributed by atoms with E-state index in [-0.39, 0.29) is 6.54 Å². The first kappa shape index (κ1) is 18.9. The Morgan fingerprint density at radius 2 is 1.74 bits per heavy atom. The summed E-state index contributed by atoms with van der Waals surface area (Å²) in [5.41, 5.74) is 2.09. The van der Waals surface area contributed by atoms with Crippen LogP contribution >= 0.6 is 0 Å². The van der Waals surface area contributed by atoms with Crippen LogP contribution < -0.4 is 4.90 Å². The van der Waals surface area contributed by atoms with Crippen LogP contribution in [0.2, 0.25) is 0 Å². The lowest BCUT2D eigenvalue weighted by molar-refractivity contribution is -0.137. The quantitative estimate of drug-likeness (QED) is 0.798. The molecule has 3 aliphatic rings. The summed E-state index contributed by atoms with van der Waals surface area (Å²) in [5, 5.41) is 0. The average molecular weight is 383 g/mol. The van der Waals surface area contributed by atoms with Gasteiger partial charge < -0.3 is 9.80 Å². The number of hydrogen-bond acceptors (Lipinski definition) is 5. The zero-order chi connectivity index (χ0) is 18.9. The minimum absolute atomic E-state index is 0.0703. The van der Waals surface area contributed by atoms with Gasteiger partial charge in [0.15, 0.2) is 0 Å². The molecule has 0 spiro atoms. The molecule has 150 valence electrons. The predicted molar refractivity (Wildman–Crippen MR) is 98.0 cm³/mol. The number of aromatic nitrogens is 2. The highest BCUT2D eigenvalue weighted by Crippen LogP contribution is 2.26. The van der Waals surface area contributed by atoms with Gasteiger partial charge in [-0.2, -0.15) is 13.2 Å². The Bertz CT molecular complexity index is 639. The third-order valence-electron chi connectivity index (χ3n) is 6.20. The summed E-state index contributed by atoms with van der Waals surface area (Å²) in [4.78, 5) is 16.1. The van der Waals surface area contributed by atoms with Gasteiger partial charge in [0.2, 0.25) is 5.95 Å². The molecule has 1 aromatic rings. The minimum atomic E-state index is -4.09. The maximum absolute atomic E-state index is 12.5. The molecule has 3 heterocycles. The molecule has 1 saturated heterocycles. The van der Waals surface area contributed by atoms with Crippen molar-refractivity contribution < 1.29 is 13.2 Å². The van der Waals surface area contributed by atoms with Crippen LogP contribution in [0.3, 0.4) is 0 Å². The van der Waals surface area contributed by atoms with Crippen LogP contribution in [0.1, 0.15) is 36.9 Å². The zero-order valence-corrected chi connectivity index (χ0v) is 15.7. The van der Waals surface area contributed by atoms with E-state index in [0.29, 0.717) is 19.5 Å². The molecule has 5 nitrogen and oxygen atoms in total. The van der Waals surface area contributed by atoms with E-state index in [9.17, 15) is 13.2 Å². The summed E-state index contributed by atoms with van der Waals surface area (Å²) in [6.45, 7) is 5.38. The maximum Gasteiger partial charge on any atom is 0.390 e. The van der Waals surface area contributed by atoms with Crippen molar-refractivity contribution in [1.29, 1.82) is 0 Å². The Labute approximate surface area is 158 Å². The van der Waals surface area contributed by atoms with Crippen molar-refractivity contribution in [2.45, 2.75) is 50.7 Å². The molecular formula is C19H28F3N5. The monoisotopic (exact) mass is 383 g/mol. The van der Waals surface area contributed by atoms with Crippen molar-refractivity contribution in [1.82, 2.24) is 19.8 Å². The predicted octanol–water partition coefficient (Wildman–Crippen LogP) is 2.50. The smallest absolute Gasteiger partial charge is 0.338 e. The van der Waals surface area contributed by atoms with Crippen LogP contribution in [0, 0.1) is 0 Å². The van der Waals surface area contributed by atoms with Gasteiger partial charge in [-0.3, -0.25) is 4.90 Å². The number of piperazine rings is 1. The SMILES string of the molecule is FC(F)(F)CCN1CCc2cnc(N3CCN(C4CCC4)CC3)nc2CC1. The van der Waals surface area contributed by atoms with Gasteiger partial charge in [-0.15, -0.1) is 0 Å². The van der Waals surface area contributed by atoms with Crippen molar-refractivity contribution in [2.75, 3.05) is 50.7 Å². The lowest BCUT2D eigenvalue weighted by Crippen LogP contribution is -2.52. The summed E-state index contributed by atoms with van der Waals surface area (Å²) in [6.07, 6.45) is 2.51. The largest absolute Gasteiger partial charge is 0.390 e. The number of anilines is 1. The second kappa shape index (κ2) is 7.91. The molecule has 1 aliphatic carbocycles. The fraction of sp³-hybridized carbons (Fsp3) is 0.789. The number of nitrogens with zero attached hydrogens (tertiary/aromatic N) is 5. The topological polar surface area (TPSA) is 35.5 Å². The molecule has 0 N–H and O–H groups in total. The molecule has 27 heavy (non-hydrogen) atoms. The van der Waals surface area contributed by atoms with E-state index in [1.165, 1.54) is 19.3 Å². The van der Waals surface area contributed by atoms with E-state index in [1.807, 2.05) is 11.1 Å². The van der Waals surface area contributed by atoms with Gasteiger partial charge in [0.1, 0.15) is 0 Å². The van der Waals surface area contributed by atoms with Crippen LogP contribution in [-0.2, 0) is 12.8 Å². The van der Waals surface area contributed by atoms with Crippen molar-refractivity contribution in [3.8, 4) is 0 Å². The Balaban J connectivity index is 1.34. The van der Waals surface area contributed by atoms with Crippen LogP contribution in [0.15, 0.2) is 6.20 Å². The van der Waals surface area contributed by atoms with Crippen LogP contribution in [-0.4, -0.2) is 77.8 Å². The van der Waals surface area contributed by atoms with Crippen molar-refractivity contribution in [3.63, 3.8) is 0 Å². The molecule has 1 saturated carbocycles. The molecule has 2 aliphatic heterocycles. The number of halogens is 3. The van der Waals surface area contributed by atoms with Crippen molar-refractivity contribution >= 4 is 5.95 Å². The summed E-state index contributed by atoms with van der Waals surface area (Å²) in [6, 6.07) is 0.780. The van der Waals surface area contributed by atoms with E-state index in [1.54, 1.807) is 0 Å². The highest BCUT2D eigenvalue weighted by Gasteiger charge is 2.30. The highest BCUT2D eigenvalue weighted by atomic mass is 19.4. The molecule has 8 heteroatoms. The number of fused-ring (bicyclic) bond motifs is 1. The first-order chi connectivity index (χ1) is 13.0. The van der Waals surface area contributed by atoms with Crippen LogP contribution in [0.5, 0.6) is 0 Å². The number of rotatable bonds is 4.